The first kappa shape index (κ1) is 12.6. The number of carbonyl (C=O) groups is 2. The average Bonchev–Trinajstić information content (AvgIpc) is 2.57. The van der Waals surface area contributed by atoms with Crippen LogP contribution in [0.25, 0.3) is 0 Å². The van der Waals surface area contributed by atoms with Crippen molar-refractivity contribution in [2.45, 2.75) is 19.4 Å². The van der Waals surface area contributed by atoms with Crippen LogP contribution in [-0.4, -0.2) is 27.9 Å². The quantitative estimate of drug-likeness (QED) is 0.812. The highest BCUT2D eigenvalue weighted by Crippen LogP contribution is 2.15. The molecule has 1 aromatic carbocycles. The molecule has 0 bridgehead atoms. The van der Waals surface area contributed by atoms with E-state index in [9.17, 15) is 14.0 Å². The summed E-state index contributed by atoms with van der Waals surface area (Å²) in [5.74, 6) is -0.932. The summed E-state index contributed by atoms with van der Waals surface area (Å²) >= 11 is 4.92. The number of hydrogen-bond acceptors (Lipinski definition) is 3. The molecule has 2 amide bonds. The van der Waals surface area contributed by atoms with Crippen LogP contribution in [-0.2, 0) is 16.0 Å². The van der Waals surface area contributed by atoms with Gasteiger partial charge in [-0.3, -0.25) is 14.5 Å². The predicted octanol–water partition coefficient (Wildman–Crippen LogP) is 1.000. The van der Waals surface area contributed by atoms with Crippen molar-refractivity contribution in [1.29, 1.82) is 0 Å². The molecule has 1 unspecified atom stereocenters. The smallest absolute Gasteiger partial charge is 0.249 e. The molecule has 0 spiro atoms. The van der Waals surface area contributed by atoms with Crippen molar-refractivity contribution in [2.24, 2.45) is 0 Å². The molecule has 18 heavy (non-hydrogen) atoms. The van der Waals surface area contributed by atoms with Crippen LogP contribution in [0.3, 0.4) is 0 Å². The van der Waals surface area contributed by atoms with E-state index in [1.807, 2.05) is 0 Å². The lowest BCUT2D eigenvalue weighted by Crippen LogP contribution is -2.40. The molecule has 1 aliphatic rings. The van der Waals surface area contributed by atoms with Crippen molar-refractivity contribution >= 4 is 29.1 Å². The largest absolute Gasteiger partial charge is 0.301 e. The fourth-order valence-corrected chi connectivity index (χ4v) is 2.25. The fourth-order valence-electron chi connectivity index (χ4n) is 1.90. The van der Waals surface area contributed by atoms with E-state index in [0.29, 0.717) is 6.42 Å². The van der Waals surface area contributed by atoms with Gasteiger partial charge in [-0.25, -0.2) is 4.39 Å². The van der Waals surface area contributed by atoms with Crippen LogP contribution in [0.2, 0.25) is 0 Å². The number of nitrogens with zero attached hydrogens (tertiary/aromatic N) is 1. The molecule has 94 valence electrons. The Bertz CT molecular complexity index is 515. The average molecular weight is 266 g/mol. The zero-order valence-corrected chi connectivity index (χ0v) is 10.5. The number of nitrogens with one attached hydrogen (secondary N) is 1. The number of halogens is 1. The van der Waals surface area contributed by atoms with Crippen LogP contribution in [0.4, 0.5) is 4.39 Å². The minimum absolute atomic E-state index is 0.125. The van der Waals surface area contributed by atoms with Crippen LogP contribution in [0.15, 0.2) is 24.3 Å². The molecule has 1 N–H and O–H groups in total. The highest BCUT2D eigenvalue weighted by atomic mass is 32.1. The van der Waals surface area contributed by atoms with Gasteiger partial charge in [-0.1, -0.05) is 12.1 Å². The Balaban J connectivity index is 2.21. The minimum Gasteiger partial charge on any atom is -0.301 e. The van der Waals surface area contributed by atoms with Gasteiger partial charge in [0.1, 0.15) is 11.9 Å². The summed E-state index contributed by atoms with van der Waals surface area (Å²) in [4.78, 5) is 24.4. The van der Waals surface area contributed by atoms with E-state index < -0.39 is 6.04 Å². The standard InChI is InChI=1S/C12H11FN2O2S/c1-7(16)15-10(11(17)14-12(15)18)6-8-2-4-9(13)5-3-8/h2-5,10H,6H2,1H3,(H,14,17,18). The van der Waals surface area contributed by atoms with E-state index in [1.165, 1.54) is 24.0 Å². The van der Waals surface area contributed by atoms with Crippen molar-refractivity contribution in [3.63, 3.8) is 0 Å². The summed E-state index contributed by atoms with van der Waals surface area (Å²) in [5.41, 5.74) is 0.771. The van der Waals surface area contributed by atoms with Crippen LogP contribution < -0.4 is 5.32 Å². The summed E-state index contributed by atoms with van der Waals surface area (Å²) in [5, 5.41) is 2.58. The minimum atomic E-state index is -0.652. The molecule has 1 saturated heterocycles. The van der Waals surface area contributed by atoms with E-state index >= 15 is 0 Å². The van der Waals surface area contributed by atoms with Gasteiger partial charge in [0.15, 0.2) is 5.11 Å². The number of amides is 2. The molecule has 1 fully saturated rings. The number of rotatable bonds is 2. The Kier molecular flexibility index (Phi) is 3.38. The first-order valence-corrected chi connectivity index (χ1v) is 5.79. The highest BCUT2D eigenvalue weighted by molar-refractivity contribution is 7.80. The number of carbonyl (C=O) groups excluding carboxylic acids is 2. The molecular formula is C12H11FN2O2S. The third-order valence-corrected chi connectivity index (χ3v) is 3.04. The van der Waals surface area contributed by atoms with Crippen molar-refractivity contribution in [2.75, 3.05) is 0 Å². The normalized spacial score (nSPS) is 19.0. The van der Waals surface area contributed by atoms with Gasteiger partial charge in [-0.15, -0.1) is 0 Å². The molecule has 0 aromatic heterocycles. The maximum atomic E-state index is 12.8. The van der Waals surface area contributed by atoms with Gasteiger partial charge in [0.05, 0.1) is 0 Å². The zero-order valence-electron chi connectivity index (χ0n) is 9.64. The van der Waals surface area contributed by atoms with Crippen LogP contribution in [0.1, 0.15) is 12.5 Å². The predicted molar refractivity (Wildman–Crippen MR) is 67.2 cm³/mol. The van der Waals surface area contributed by atoms with E-state index in [-0.39, 0.29) is 22.7 Å². The number of hydrogen-bond donors (Lipinski definition) is 1. The van der Waals surface area contributed by atoms with Crippen LogP contribution >= 0.6 is 12.2 Å². The Morgan fingerprint density at radius 1 is 1.44 bits per heavy atom. The molecule has 1 atom stereocenters. The van der Waals surface area contributed by atoms with Gasteiger partial charge in [0, 0.05) is 13.3 Å². The van der Waals surface area contributed by atoms with Crippen molar-refractivity contribution in [1.82, 2.24) is 10.2 Å². The summed E-state index contributed by atoms with van der Waals surface area (Å²) in [6.07, 6.45) is 0.311. The van der Waals surface area contributed by atoms with E-state index in [4.69, 9.17) is 12.2 Å². The Morgan fingerprint density at radius 3 is 2.61 bits per heavy atom. The van der Waals surface area contributed by atoms with Gasteiger partial charge in [0.2, 0.25) is 11.8 Å². The second kappa shape index (κ2) is 4.81. The van der Waals surface area contributed by atoms with E-state index in [0.717, 1.165) is 5.56 Å². The zero-order chi connectivity index (χ0) is 13.3. The maximum Gasteiger partial charge on any atom is 0.249 e. The van der Waals surface area contributed by atoms with E-state index in [2.05, 4.69) is 5.32 Å². The molecule has 0 radical (unpaired) electrons. The first-order chi connectivity index (χ1) is 8.49. The number of benzene rings is 1. The third-order valence-electron chi connectivity index (χ3n) is 2.74. The van der Waals surface area contributed by atoms with Crippen molar-refractivity contribution in [3.8, 4) is 0 Å². The highest BCUT2D eigenvalue weighted by Gasteiger charge is 2.38. The van der Waals surface area contributed by atoms with Crippen molar-refractivity contribution in [3.05, 3.63) is 35.6 Å². The molecular weight excluding hydrogens is 255 g/mol. The van der Waals surface area contributed by atoms with Gasteiger partial charge < -0.3 is 5.32 Å². The summed E-state index contributed by atoms with van der Waals surface area (Å²) < 4.78 is 12.8. The summed E-state index contributed by atoms with van der Waals surface area (Å²) in [6, 6.07) is 5.16. The molecule has 0 saturated carbocycles. The molecule has 1 heterocycles. The van der Waals surface area contributed by atoms with Crippen molar-refractivity contribution < 1.29 is 14.0 Å². The molecule has 1 aliphatic heterocycles. The van der Waals surface area contributed by atoms with Gasteiger partial charge >= 0.3 is 0 Å². The molecule has 6 heteroatoms. The first-order valence-electron chi connectivity index (χ1n) is 5.38. The van der Waals surface area contributed by atoms with E-state index in [1.54, 1.807) is 12.1 Å². The Labute approximate surface area is 109 Å². The second-order valence-corrected chi connectivity index (χ2v) is 4.42. The topological polar surface area (TPSA) is 49.4 Å². The maximum absolute atomic E-state index is 12.8. The lowest BCUT2D eigenvalue weighted by atomic mass is 10.1. The SMILES string of the molecule is CC(=O)N1C(=S)NC(=O)C1Cc1ccc(F)cc1. The fraction of sp³-hybridized carbons (Fsp3) is 0.250. The lowest BCUT2D eigenvalue weighted by molar-refractivity contribution is -0.131. The summed E-state index contributed by atoms with van der Waals surface area (Å²) in [6.45, 7) is 1.35. The van der Waals surface area contributed by atoms with Gasteiger partial charge in [-0.2, -0.15) is 0 Å². The molecule has 0 aliphatic carbocycles. The Morgan fingerprint density at radius 2 is 2.06 bits per heavy atom. The lowest BCUT2D eigenvalue weighted by Gasteiger charge is -2.19. The molecule has 1 aromatic rings. The van der Waals surface area contributed by atoms with Crippen LogP contribution in [0, 0.1) is 5.82 Å². The molecule has 2 rings (SSSR count). The van der Waals surface area contributed by atoms with Crippen LogP contribution in [0.5, 0.6) is 0 Å². The second-order valence-electron chi connectivity index (χ2n) is 4.03. The van der Waals surface area contributed by atoms with Gasteiger partial charge in [0.25, 0.3) is 0 Å². The summed E-state index contributed by atoms with van der Waals surface area (Å²) in [7, 11) is 0. The van der Waals surface area contributed by atoms with Gasteiger partial charge in [-0.05, 0) is 29.9 Å². The number of thiocarbonyl (C=S) groups is 1. The monoisotopic (exact) mass is 266 g/mol. The third kappa shape index (κ3) is 2.38. The molecule has 4 nitrogen and oxygen atoms in total. The Hall–Kier alpha value is -1.82.